The van der Waals surface area contributed by atoms with Crippen LogP contribution in [0.2, 0.25) is 0 Å². The first-order valence-electron chi connectivity index (χ1n) is 5.21. The van der Waals surface area contributed by atoms with Gasteiger partial charge in [-0.25, -0.2) is 4.98 Å². The van der Waals surface area contributed by atoms with Crippen molar-refractivity contribution < 1.29 is 4.79 Å². The van der Waals surface area contributed by atoms with Gasteiger partial charge in [0, 0.05) is 12.3 Å². The number of aromatic nitrogens is 2. The molecule has 1 aliphatic heterocycles. The number of hydrogen-bond donors (Lipinski definition) is 1. The number of amides is 1. The molecule has 82 valence electrons. The van der Waals surface area contributed by atoms with Crippen molar-refractivity contribution in [1.82, 2.24) is 14.9 Å². The Morgan fingerprint density at radius 1 is 1.40 bits per heavy atom. The summed E-state index contributed by atoms with van der Waals surface area (Å²) in [6.45, 7) is 9.30. The van der Waals surface area contributed by atoms with Gasteiger partial charge < -0.3 is 9.88 Å². The second kappa shape index (κ2) is 3.08. The zero-order valence-electron chi connectivity index (χ0n) is 9.72. The Kier molecular flexibility index (Phi) is 2.10. The zero-order valence-corrected chi connectivity index (χ0v) is 9.72. The minimum Gasteiger partial charge on any atom is -0.344 e. The fourth-order valence-corrected chi connectivity index (χ4v) is 1.71. The van der Waals surface area contributed by atoms with Gasteiger partial charge in [-0.15, -0.1) is 0 Å². The van der Waals surface area contributed by atoms with Gasteiger partial charge in [0.15, 0.2) is 0 Å². The van der Waals surface area contributed by atoms with Gasteiger partial charge in [0.2, 0.25) is 5.91 Å². The van der Waals surface area contributed by atoms with Crippen LogP contribution in [0.3, 0.4) is 0 Å². The van der Waals surface area contributed by atoms with Gasteiger partial charge in [0.25, 0.3) is 0 Å². The predicted molar refractivity (Wildman–Crippen MR) is 57.2 cm³/mol. The maximum atomic E-state index is 11.2. The first kappa shape index (κ1) is 10.2. The van der Waals surface area contributed by atoms with Crippen molar-refractivity contribution in [2.75, 3.05) is 0 Å². The van der Waals surface area contributed by atoms with Gasteiger partial charge in [-0.1, -0.05) is 20.8 Å². The lowest BCUT2D eigenvalue weighted by Crippen LogP contribution is -2.23. The zero-order chi connectivity index (χ0) is 11.2. The van der Waals surface area contributed by atoms with Gasteiger partial charge in [-0.05, 0) is 0 Å². The molecule has 0 unspecified atom stereocenters. The molecule has 1 aliphatic rings. The molecule has 4 nitrogen and oxygen atoms in total. The van der Waals surface area contributed by atoms with Crippen molar-refractivity contribution in [1.29, 1.82) is 0 Å². The van der Waals surface area contributed by atoms with E-state index in [4.69, 9.17) is 0 Å². The summed E-state index contributed by atoms with van der Waals surface area (Å²) in [5.41, 5.74) is 2.16. The van der Waals surface area contributed by atoms with E-state index in [0.717, 1.165) is 17.2 Å². The van der Waals surface area contributed by atoms with Gasteiger partial charge >= 0.3 is 0 Å². The van der Waals surface area contributed by atoms with Crippen molar-refractivity contribution in [2.24, 2.45) is 0 Å². The van der Waals surface area contributed by atoms with Crippen LogP contribution >= 0.6 is 0 Å². The molecule has 0 atom stereocenters. The lowest BCUT2D eigenvalue weighted by molar-refractivity contribution is -0.129. The molecule has 0 bridgehead atoms. The first-order valence-corrected chi connectivity index (χ1v) is 5.21. The van der Waals surface area contributed by atoms with E-state index in [1.54, 1.807) is 11.8 Å². The molecule has 1 aromatic heterocycles. The number of nitrogens with zero attached hydrogens (tertiary/aromatic N) is 2. The van der Waals surface area contributed by atoms with E-state index in [2.05, 4.69) is 30.7 Å². The average Bonchev–Trinajstić information content (AvgIpc) is 2.55. The molecular formula is C11H17N3O. The van der Waals surface area contributed by atoms with E-state index < -0.39 is 0 Å². The summed E-state index contributed by atoms with van der Waals surface area (Å²) >= 11 is 0. The van der Waals surface area contributed by atoms with E-state index in [-0.39, 0.29) is 11.3 Å². The van der Waals surface area contributed by atoms with Gasteiger partial charge in [-0.3, -0.25) is 4.79 Å². The number of carbonyl (C=O) groups excluding carboxylic acids is 1. The van der Waals surface area contributed by atoms with E-state index >= 15 is 0 Å². The minimum atomic E-state index is 0.0470. The highest BCUT2D eigenvalue weighted by Crippen LogP contribution is 2.26. The molecule has 0 aliphatic carbocycles. The second-order valence-electron chi connectivity index (χ2n) is 5.14. The van der Waals surface area contributed by atoms with Crippen LogP contribution in [0.4, 0.5) is 0 Å². The van der Waals surface area contributed by atoms with Crippen molar-refractivity contribution in [3.8, 4) is 0 Å². The van der Waals surface area contributed by atoms with Crippen molar-refractivity contribution in [2.45, 2.75) is 46.2 Å². The van der Waals surface area contributed by atoms with Gasteiger partial charge in [-0.2, -0.15) is 0 Å². The number of hydrogen-bond acceptors (Lipinski definition) is 2. The molecule has 4 heteroatoms. The largest absolute Gasteiger partial charge is 0.344 e. The van der Waals surface area contributed by atoms with Gasteiger partial charge in [0.05, 0.1) is 24.5 Å². The molecule has 0 fully saturated rings. The Bertz CT molecular complexity index is 377. The summed E-state index contributed by atoms with van der Waals surface area (Å²) in [5.74, 6) is 1.12. The lowest BCUT2D eigenvalue weighted by Gasteiger charge is -2.16. The average molecular weight is 207 g/mol. The van der Waals surface area contributed by atoms with Crippen molar-refractivity contribution in [3.63, 3.8) is 0 Å². The summed E-state index contributed by atoms with van der Waals surface area (Å²) in [4.78, 5) is 20.8. The van der Waals surface area contributed by atoms with Gasteiger partial charge in [0.1, 0.15) is 5.82 Å². The smallest absolute Gasteiger partial charge is 0.220 e. The van der Waals surface area contributed by atoms with Crippen LogP contribution in [0.15, 0.2) is 0 Å². The quantitative estimate of drug-likeness (QED) is 0.702. The van der Waals surface area contributed by atoms with Crippen LogP contribution in [0.5, 0.6) is 0 Å². The van der Waals surface area contributed by atoms with Crippen LogP contribution in [0.1, 0.15) is 44.9 Å². The highest BCUT2D eigenvalue weighted by molar-refractivity contribution is 5.73. The standard InChI is InChI=1S/C11H17N3O/c1-7(15)14-5-8-9(6-14)13-10(12-8)11(2,3)4/h5-6H2,1-4H3,(H,12,13). The molecule has 1 N–H and O–H groups in total. The molecule has 2 rings (SSSR count). The summed E-state index contributed by atoms with van der Waals surface area (Å²) in [7, 11) is 0. The van der Waals surface area contributed by atoms with Crippen LogP contribution in [-0.2, 0) is 23.3 Å². The number of rotatable bonds is 0. The number of fused-ring (bicyclic) bond motifs is 1. The van der Waals surface area contributed by atoms with E-state index in [1.165, 1.54) is 0 Å². The monoisotopic (exact) mass is 207 g/mol. The molecule has 15 heavy (non-hydrogen) atoms. The minimum absolute atomic E-state index is 0.0470. The number of imidazole rings is 1. The summed E-state index contributed by atoms with van der Waals surface area (Å²) in [6.07, 6.45) is 0. The van der Waals surface area contributed by atoms with Crippen molar-refractivity contribution >= 4 is 5.91 Å². The maximum Gasteiger partial charge on any atom is 0.220 e. The van der Waals surface area contributed by atoms with Crippen molar-refractivity contribution in [3.05, 3.63) is 17.2 Å². The molecular weight excluding hydrogens is 190 g/mol. The Balaban J connectivity index is 2.23. The fourth-order valence-electron chi connectivity index (χ4n) is 1.71. The van der Waals surface area contributed by atoms with Crippen LogP contribution in [0, 0.1) is 0 Å². The molecule has 1 aromatic rings. The van der Waals surface area contributed by atoms with E-state index in [1.807, 2.05) is 0 Å². The van der Waals surface area contributed by atoms with E-state index in [0.29, 0.717) is 13.1 Å². The molecule has 0 saturated carbocycles. The highest BCUT2D eigenvalue weighted by Gasteiger charge is 2.27. The lowest BCUT2D eigenvalue weighted by atomic mass is 9.96. The Morgan fingerprint density at radius 3 is 2.53 bits per heavy atom. The molecule has 0 spiro atoms. The number of aromatic amines is 1. The molecule has 0 saturated heterocycles. The van der Waals surface area contributed by atoms with Crippen LogP contribution < -0.4 is 0 Å². The third kappa shape index (κ3) is 1.76. The van der Waals surface area contributed by atoms with Crippen LogP contribution in [-0.4, -0.2) is 20.8 Å². The molecule has 1 amide bonds. The third-order valence-corrected chi connectivity index (χ3v) is 2.71. The fraction of sp³-hybridized carbons (Fsp3) is 0.636. The molecule has 0 aromatic carbocycles. The topological polar surface area (TPSA) is 49.0 Å². The third-order valence-electron chi connectivity index (χ3n) is 2.71. The summed E-state index contributed by atoms with van der Waals surface area (Å²) in [6, 6.07) is 0. The number of H-pyrrole nitrogens is 1. The summed E-state index contributed by atoms with van der Waals surface area (Å²) < 4.78 is 0. The first-order chi connectivity index (χ1) is 6.88. The number of nitrogens with one attached hydrogen (secondary N) is 1. The SMILES string of the molecule is CC(=O)N1Cc2nc(C(C)(C)C)[nH]c2C1. The Labute approximate surface area is 89.7 Å². The number of carbonyl (C=O) groups is 1. The predicted octanol–water partition coefficient (Wildman–Crippen LogP) is 1.57. The summed E-state index contributed by atoms with van der Waals surface area (Å²) in [5, 5.41) is 0. The Hall–Kier alpha value is -1.32. The van der Waals surface area contributed by atoms with E-state index in [9.17, 15) is 4.79 Å². The van der Waals surface area contributed by atoms with Crippen LogP contribution in [0.25, 0.3) is 0 Å². The normalized spacial score (nSPS) is 15.6. The molecule has 2 heterocycles. The molecule has 0 radical (unpaired) electrons. The second-order valence-corrected chi connectivity index (χ2v) is 5.14. The maximum absolute atomic E-state index is 11.2. The highest BCUT2D eigenvalue weighted by atomic mass is 16.2. The Morgan fingerprint density at radius 2 is 2.07 bits per heavy atom.